The van der Waals surface area contributed by atoms with Gasteiger partial charge in [0.15, 0.2) is 0 Å². The molecule has 102 valence electrons. The van der Waals surface area contributed by atoms with Gasteiger partial charge in [0.2, 0.25) is 0 Å². The summed E-state index contributed by atoms with van der Waals surface area (Å²) in [6.07, 6.45) is 0.896. The van der Waals surface area contributed by atoms with Crippen LogP contribution in [0.15, 0.2) is 29.6 Å². The second-order valence-electron chi connectivity index (χ2n) is 4.48. The zero-order chi connectivity index (χ0) is 13.7. The fourth-order valence-corrected chi connectivity index (χ4v) is 2.85. The van der Waals surface area contributed by atoms with Gasteiger partial charge in [0.1, 0.15) is 5.82 Å². The van der Waals surface area contributed by atoms with Crippen molar-refractivity contribution in [3.8, 4) is 0 Å². The van der Waals surface area contributed by atoms with E-state index in [0.717, 1.165) is 35.8 Å². The summed E-state index contributed by atoms with van der Waals surface area (Å²) >= 11 is 7.37. The Morgan fingerprint density at radius 1 is 1.42 bits per heavy atom. The third-order valence-corrected chi connectivity index (χ3v) is 4.02. The number of likely N-dealkylation sites (N-methyl/N-ethyl adjacent to an activating group) is 1. The SMILES string of the molecule is CN(CCc1nc(CCl)cs1)Cc1cccc(F)c1. The normalized spacial score (nSPS) is 11.2. The van der Waals surface area contributed by atoms with Crippen molar-refractivity contribution >= 4 is 22.9 Å². The number of rotatable bonds is 6. The van der Waals surface area contributed by atoms with Crippen molar-refractivity contribution in [3.63, 3.8) is 0 Å². The smallest absolute Gasteiger partial charge is 0.123 e. The molecule has 0 fully saturated rings. The zero-order valence-electron chi connectivity index (χ0n) is 10.8. The highest BCUT2D eigenvalue weighted by Crippen LogP contribution is 2.13. The first-order chi connectivity index (χ1) is 9.17. The number of alkyl halides is 1. The monoisotopic (exact) mass is 298 g/mol. The molecule has 0 aliphatic heterocycles. The average molecular weight is 299 g/mol. The van der Waals surface area contributed by atoms with Gasteiger partial charge in [-0.05, 0) is 24.7 Å². The van der Waals surface area contributed by atoms with Gasteiger partial charge in [0.25, 0.3) is 0 Å². The molecule has 0 saturated heterocycles. The number of nitrogens with zero attached hydrogens (tertiary/aromatic N) is 2. The molecule has 1 aromatic carbocycles. The lowest BCUT2D eigenvalue weighted by molar-refractivity contribution is 0.330. The third-order valence-electron chi connectivity index (χ3n) is 2.79. The van der Waals surface area contributed by atoms with Gasteiger partial charge in [0, 0.05) is 24.9 Å². The summed E-state index contributed by atoms with van der Waals surface area (Å²) in [7, 11) is 2.03. The Balaban J connectivity index is 1.82. The number of halogens is 2. The topological polar surface area (TPSA) is 16.1 Å². The summed E-state index contributed by atoms with van der Waals surface area (Å²) in [5.41, 5.74) is 1.93. The van der Waals surface area contributed by atoms with E-state index in [1.165, 1.54) is 6.07 Å². The highest BCUT2D eigenvalue weighted by molar-refractivity contribution is 7.09. The molecule has 2 rings (SSSR count). The van der Waals surface area contributed by atoms with Crippen LogP contribution >= 0.6 is 22.9 Å². The highest BCUT2D eigenvalue weighted by atomic mass is 35.5. The van der Waals surface area contributed by atoms with Crippen LogP contribution in [-0.2, 0) is 18.8 Å². The molecule has 0 atom stereocenters. The maximum atomic E-state index is 13.1. The molecule has 0 amide bonds. The molecular weight excluding hydrogens is 283 g/mol. The first kappa shape index (κ1) is 14.4. The van der Waals surface area contributed by atoms with Gasteiger partial charge in [0.05, 0.1) is 16.6 Å². The Kier molecular flexibility index (Phi) is 5.31. The summed E-state index contributed by atoms with van der Waals surface area (Å²) in [5.74, 6) is 0.285. The minimum Gasteiger partial charge on any atom is -0.302 e. The van der Waals surface area contributed by atoms with Crippen LogP contribution < -0.4 is 0 Å². The molecule has 0 radical (unpaired) electrons. The van der Waals surface area contributed by atoms with E-state index < -0.39 is 0 Å². The molecule has 1 heterocycles. The minimum atomic E-state index is -0.183. The highest BCUT2D eigenvalue weighted by Gasteiger charge is 2.05. The van der Waals surface area contributed by atoms with Crippen LogP contribution in [0.5, 0.6) is 0 Å². The molecule has 0 saturated carbocycles. The Morgan fingerprint density at radius 3 is 2.95 bits per heavy atom. The molecule has 0 bridgehead atoms. The van der Waals surface area contributed by atoms with Crippen molar-refractivity contribution in [3.05, 3.63) is 51.7 Å². The Morgan fingerprint density at radius 2 is 2.26 bits per heavy atom. The van der Waals surface area contributed by atoms with E-state index in [4.69, 9.17) is 11.6 Å². The van der Waals surface area contributed by atoms with E-state index in [1.54, 1.807) is 23.5 Å². The molecule has 0 unspecified atom stereocenters. The van der Waals surface area contributed by atoms with Crippen LogP contribution in [0, 0.1) is 5.82 Å². The quantitative estimate of drug-likeness (QED) is 0.756. The molecule has 5 heteroatoms. The maximum absolute atomic E-state index is 13.1. The Hall–Kier alpha value is -0.970. The van der Waals surface area contributed by atoms with E-state index in [1.807, 2.05) is 18.5 Å². The van der Waals surface area contributed by atoms with Gasteiger partial charge in [-0.25, -0.2) is 9.37 Å². The molecule has 0 aliphatic carbocycles. The van der Waals surface area contributed by atoms with Gasteiger partial charge in [-0.3, -0.25) is 0 Å². The van der Waals surface area contributed by atoms with Gasteiger partial charge >= 0.3 is 0 Å². The van der Waals surface area contributed by atoms with Gasteiger partial charge < -0.3 is 4.90 Å². The van der Waals surface area contributed by atoms with E-state index in [9.17, 15) is 4.39 Å². The van der Waals surface area contributed by atoms with Crippen LogP contribution in [0.25, 0.3) is 0 Å². The van der Waals surface area contributed by atoms with Crippen LogP contribution in [-0.4, -0.2) is 23.5 Å². The minimum absolute atomic E-state index is 0.183. The van der Waals surface area contributed by atoms with Crippen molar-refractivity contribution in [2.45, 2.75) is 18.8 Å². The predicted octanol–water partition coefficient (Wildman–Crippen LogP) is 3.70. The largest absolute Gasteiger partial charge is 0.302 e. The number of hydrogen-bond acceptors (Lipinski definition) is 3. The molecule has 19 heavy (non-hydrogen) atoms. The molecule has 1 aromatic heterocycles. The zero-order valence-corrected chi connectivity index (χ0v) is 12.3. The summed E-state index contributed by atoms with van der Waals surface area (Å²) < 4.78 is 13.1. The van der Waals surface area contributed by atoms with Crippen molar-refractivity contribution in [1.82, 2.24) is 9.88 Å². The first-order valence-electron chi connectivity index (χ1n) is 6.09. The van der Waals surface area contributed by atoms with Crippen LogP contribution in [0.4, 0.5) is 4.39 Å². The van der Waals surface area contributed by atoms with Gasteiger partial charge in [-0.15, -0.1) is 22.9 Å². The summed E-state index contributed by atoms with van der Waals surface area (Å²) in [4.78, 5) is 6.58. The number of aromatic nitrogens is 1. The standard InChI is InChI=1S/C14H16ClFN2S/c1-18(9-11-3-2-4-12(16)7-11)6-5-14-17-13(8-15)10-19-14/h2-4,7,10H,5-6,8-9H2,1H3. The van der Waals surface area contributed by atoms with Gasteiger partial charge in [-0.1, -0.05) is 12.1 Å². The lowest BCUT2D eigenvalue weighted by Crippen LogP contribution is -2.20. The molecule has 0 aliphatic rings. The lowest BCUT2D eigenvalue weighted by Gasteiger charge is -2.15. The van der Waals surface area contributed by atoms with Crippen LogP contribution in [0.2, 0.25) is 0 Å². The van der Waals surface area contributed by atoms with E-state index in [2.05, 4.69) is 9.88 Å². The number of hydrogen-bond donors (Lipinski definition) is 0. The molecule has 2 nitrogen and oxygen atoms in total. The van der Waals surface area contributed by atoms with E-state index in [-0.39, 0.29) is 5.82 Å². The van der Waals surface area contributed by atoms with E-state index in [0.29, 0.717) is 5.88 Å². The Bertz CT molecular complexity index is 530. The van der Waals surface area contributed by atoms with Crippen molar-refractivity contribution in [2.24, 2.45) is 0 Å². The number of thiazole rings is 1. The fraction of sp³-hybridized carbons (Fsp3) is 0.357. The summed E-state index contributed by atoms with van der Waals surface area (Å²) in [5, 5.41) is 3.09. The lowest BCUT2D eigenvalue weighted by atomic mass is 10.2. The molecular formula is C14H16ClFN2S. The number of benzene rings is 1. The van der Waals surface area contributed by atoms with E-state index >= 15 is 0 Å². The molecule has 2 aromatic rings. The summed E-state index contributed by atoms with van der Waals surface area (Å²) in [6.45, 7) is 1.64. The van der Waals surface area contributed by atoms with Crippen molar-refractivity contribution in [2.75, 3.05) is 13.6 Å². The fourth-order valence-electron chi connectivity index (χ4n) is 1.84. The average Bonchev–Trinajstić information content (AvgIpc) is 2.84. The van der Waals surface area contributed by atoms with Crippen LogP contribution in [0.1, 0.15) is 16.3 Å². The van der Waals surface area contributed by atoms with Gasteiger partial charge in [-0.2, -0.15) is 0 Å². The summed E-state index contributed by atoms with van der Waals surface area (Å²) in [6, 6.07) is 6.72. The maximum Gasteiger partial charge on any atom is 0.123 e. The first-order valence-corrected chi connectivity index (χ1v) is 7.51. The van der Waals surface area contributed by atoms with Crippen molar-refractivity contribution in [1.29, 1.82) is 0 Å². The molecule has 0 N–H and O–H groups in total. The van der Waals surface area contributed by atoms with Crippen molar-refractivity contribution < 1.29 is 4.39 Å². The third kappa shape index (κ3) is 4.56. The predicted molar refractivity (Wildman–Crippen MR) is 78.1 cm³/mol. The second kappa shape index (κ2) is 6.98. The molecule has 0 spiro atoms. The van der Waals surface area contributed by atoms with Crippen LogP contribution in [0.3, 0.4) is 0 Å². The Labute approximate surface area is 121 Å². The second-order valence-corrected chi connectivity index (χ2v) is 5.69.